The van der Waals surface area contributed by atoms with Gasteiger partial charge in [0.15, 0.2) is 11.6 Å². The van der Waals surface area contributed by atoms with Gasteiger partial charge in [0, 0.05) is 19.2 Å². The number of hydrogen-bond donors (Lipinski definition) is 1. The van der Waals surface area contributed by atoms with Crippen molar-refractivity contribution in [2.24, 2.45) is 0 Å². The molecule has 3 rings (SSSR count). The first-order valence-corrected chi connectivity index (χ1v) is 8.12. The summed E-state index contributed by atoms with van der Waals surface area (Å²) < 4.78 is 19.5. The molecule has 0 bridgehead atoms. The van der Waals surface area contributed by atoms with Gasteiger partial charge < -0.3 is 10.1 Å². The average molecular weight is 342 g/mol. The zero-order chi connectivity index (χ0) is 18.0. The molecule has 0 fully saturated rings. The van der Waals surface area contributed by atoms with Crippen molar-refractivity contribution < 1.29 is 18.7 Å². The largest absolute Gasteiger partial charge is 0.490 e. The Balaban J connectivity index is 2.08. The van der Waals surface area contributed by atoms with Crippen LogP contribution < -0.4 is 15.0 Å². The van der Waals surface area contributed by atoms with Crippen LogP contribution in [-0.4, -0.2) is 31.5 Å². The highest BCUT2D eigenvalue weighted by Gasteiger charge is 2.39. The molecule has 1 aliphatic heterocycles. The number of carbonyl (C=O) groups is 2. The van der Waals surface area contributed by atoms with Gasteiger partial charge in [0.25, 0.3) is 5.91 Å². The fraction of sp³-hybridized carbons (Fsp3) is 0.263. The van der Waals surface area contributed by atoms with Crippen LogP contribution >= 0.6 is 0 Å². The van der Waals surface area contributed by atoms with E-state index in [2.05, 4.69) is 5.32 Å². The molecular formula is C19H19FN2O3. The number of nitrogens with zero attached hydrogens (tertiary/aromatic N) is 1. The van der Waals surface area contributed by atoms with Gasteiger partial charge in [0.2, 0.25) is 5.91 Å². The van der Waals surface area contributed by atoms with Crippen molar-refractivity contribution in [1.82, 2.24) is 5.32 Å². The molecular weight excluding hydrogens is 323 g/mol. The minimum Gasteiger partial charge on any atom is -0.490 e. The standard InChI is InChI=1S/C19H19FN2O3/c1-3-25-17-13(8-6-9-14(17)20)19(24)22-15-10-5-4-7-12(15)11-16(22)18(23)21-2/h4-10,16H,3,11H2,1-2H3,(H,21,23). The van der Waals surface area contributed by atoms with Crippen molar-refractivity contribution in [3.63, 3.8) is 0 Å². The second kappa shape index (κ2) is 6.93. The quantitative estimate of drug-likeness (QED) is 0.929. The molecule has 1 atom stereocenters. The first-order chi connectivity index (χ1) is 12.1. The van der Waals surface area contributed by atoms with E-state index < -0.39 is 17.8 Å². The summed E-state index contributed by atoms with van der Waals surface area (Å²) in [7, 11) is 1.53. The molecule has 130 valence electrons. The molecule has 0 saturated heterocycles. The van der Waals surface area contributed by atoms with Crippen molar-refractivity contribution in [2.45, 2.75) is 19.4 Å². The maximum absolute atomic E-state index is 14.1. The summed E-state index contributed by atoms with van der Waals surface area (Å²) in [5.41, 5.74) is 1.67. The molecule has 0 aromatic heterocycles. The number of fused-ring (bicyclic) bond motifs is 1. The number of anilines is 1. The van der Waals surface area contributed by atoms with Crippen LogP contribution in [0.1, 0.15) is 22.8 Å². The monoisotopic (exact) mass is 342 g/mol. The van der Waals surface area contributed by atoms with Gasteiger partial charge in [-0.3, -0.25) is 14.5 Å². The summed E-state index contributed by atoms with van der Waals surface area (Å²) in [6.07, 6.45) is 0.418. The number of benzene rings is 2. The molecule has 25 heavy (non-hydrogen) atoms. The van der Waals surface area contributed by atoms with Crippen LogP contribution in [0, 0.1) is 5.82 Å². The molecule has 1 unspecified atom stereocenters. The Kier molecular flexibility index (Phi) is 4.70. The molecule has 0 radical (unpaired) electrons. The molecule has 1 heterocycles. The Morgan fingerprint density at radius 2 is 2.00 bits per heavy atom. The number of halogens is 1. The number of para-hydroxylation sites is 2. The predicted octanol–water partition coefficient (Wildman–Crippen LogP) is 2.54. The molecule has 2 aromatic carbocycles. The van der Waals surface area contributed by atoms with Gasteiger partial charge in [-0.1, -0.05) is 24.3 Å². The Morgan fingerprint density at radius 3 is 2.72 bits per heavy atom. The molecule has 2 amide bonds. The SMILES string of the molecule is CCOc1c(F)cccc1C(=O)N1c2ccccc2CC1C(=O)NC. The smallest absolute Gasteiger partial charge is 0.262 e. The third-order valence-corrected chi connectivity index (χ3v) is 4.23. The summed E-state index contributed by atoms with van der Waals surface area (Å²) in [4.78, 5) is 26.9. The Morgan fingerprint density at radius 1 is 1.24 bits per heavy atom. The summed E-state index contributed by atoms with van der Waals surface area (Å²) in [6.45, 7) is 1.95. The van der Waals surface area contributed by atoms with E-state index in [1.54, 1.807) is 19.1 Å². The van der Waals surface area contributed by atoms with E-state index in [0.29, 0.717) is 12.1 Å². The topological polar surface area (TPSA) is 58.6 Å². The van der Waals surface area contributed by atoms with E-state index in [1.165, 1.54) is 30.1 Å². The highest BCUT2D eigenvalue weighted by Crippen LogP contribution is 2.35. The van der Waals surface area contributed by atoms with E-state index in [0.717, 1.165) is 5.56 Å². The lowest BCUT2D eigenvalue weighted by Gasteiger charge is -2.25. The third-order valence-electron chi connectivity index (χ3n) is 4.23. The molecule has 1 N–H and O–H groups in total. The molecule has 0 spiro atoms. The Bertz CT molecular complexity index is 822. The van der Waals surface area contributed by atoms with E-state index in [1.807, 2.05) is 12.1 Å². The van der Waals surface area contributed by atoms with Crippen molar-refractivity contribution >= 4 is 17.5 Å². The van der Waals surface area contributed by atoms with Crippen molar-refractivity contribution in [1.29, 1.82) is 0 Å². The lowest BCUT2D eigenvalue weighted by Crippen LogP contribution is -2.47. The van der Waals surface area contributed by atoms with Crippen LogP contribution in [0.3, 0.4) is 0 Å². The van der Waals surface area contributed by atoms with E-state index in [9.17, 15) is 14.0 Å². The maximum Gasteiger partial charge on any atom is 0.262 e. The van der Waals surface area contributed by atoms with Gasteiger partial charge in [-0.05, 0) is 30.7 Å². The average Bonchev–Trinajstić information content (AvgIpc) is 3.01. The van der Waals surface area contributed by atoms with E-state index in [-0.39, 0.29) is 23.8 Å². The van der Waals surface area contributed by atoms with E-state index in [4.69, 9.17) is 4.74 Å². The minimum atomic E-state index is -0.673. The van der Waals surface area contributed by atoms with Gasteiger partial charge >= 0.3 is 0 Å². The fourth-order valence-electron chi connectivity index (χ4n) is 3.11. The summed E-state index contributed by atoms with van der Waals surface area (Å²) in [6, 6.07) is 10.9. The third kappa shape index (κ3) is 2.95. The summed E-state index contributed by atoms with van der Waals surface area (Å²) >= 11 is 0. The zero-order valence-electron chi connectivity index (χ0n) is 14.1. The maximum atomic E-state index is 14.1. The van der Waals surface area contributed by atoms with Crippen LogP contribution in [0.5, 0.6) is 5.75 Å². The number of likely N-dealkylation sites (N-methyl/N-ethyl adjacent to an activating group) is 1. The second-order valence-corrected chi connectivity index (χ2v) is 5.69. The zero-order valence-corrected chi connectivity index (χ0v) is 14.1. The van der Waals surface area contributed by atoms with Crippen LogP contribution in [0.4, 0.5) is 10.1 Å². The van der Waals surface area contributed by atoms with Crippen molar-refractivity contribution in [2.75, 3.05) is 18.6 Å². The van der Waals surface area contributed by atoms with Gasteiger partial charge in [-0.25, -0.2) is 4.39 Å². The van der Waals surface area contributed by atoms with Crippen molar-refractivity contribution in [3.05, 3.63) is 59.4 Å². The normalized spacial score (nSPS) is 15.6. The lowest BCUT2D eigenvalue weighted by molar-refractivity contribution is -0.121. The fourth-order valence-corrected chi connectivity index (χ4v) is 3.11. The van der Waals surface area contributed by atoms with Crippen LogP contribution in [0.15, 0.2) is 42.5 Å². The number of nitrogens with one attached hydrogen (secondary N) is 1. The summed E-state index contributed by atoms with van der Waals surface area (Å²) in [5, 5.41) is 2.59. The number of hydrogen-bond acceptors (Lipinski definition) is 3. The molecule has 0 saturated carbocycles. The predicted molar refractivity (Wildman–Crippen MR) is 92.4 cm³/mol. The summed E-state index contributed by atoms with van der Waals surface area (Å²) in [5.74, 6) is -1.41. The van der Waals surface area contributed by atoms with Crippen LogP contribution in [0.25, 0.3) is 0 Å². The molecule has 0 aliphatic carbocycles. The molecule has 2 aromatic rings. The number of carbonyl (C=O) groups excluding carboxylic acids is 2. The minimum absolute atomic E-state index is 0.0879. The van der Waals surface area contributed by atoms with E-state index >= 15 is 0 Å². The number of amides is 2. The number of ether oxygens (including phenoxy) is 1. The van der Waals surface area contributed by atoms with Crippen LogP contribution in [0.2, 0.25) is 0 Å². The number of rotatable bonds is 4. The lowest BCUT2D eigenvalue weighted by atomic mass is 10.1. The van der Waals surface area contributed by atoms with Gasteiger partial charge in [0.1, 0.15) is 6.04 Å². The van der Waals surface area contributed by atoms with Crippen LogP contribution in [-0.2, 0) is 11.2 Å². The first-order valence-electron chi connectivity index (χ1n) is 8.12. The molecule has 5 nitrogen and oxygen atoms in total. The Hall–Kier alpha value is -2.89. The molecule has 1 aliphatic rings. The highest BCUT2D eigenvalue weighted by atomic mass is 19.1. The van der Waals surface area contributed by atoms with Gasteiger partial charge in [-0.2, -0.15) is 0 Å². The molecule has 6 heteroatoms. The second-order valence-electron chi connectivity index (χ2n) is 5.69. The van der Waals surface area contributed by atoms with Gasteiger partial charge in [-0.15, -0.1) is 0 Å². The van der Waals surface area contributed by atoms with Gasteiger partial charge in [0.05, 0.1) is 12.2 Å². The first kappa shape index (κ1) is 17.0. The highest BCUT2D eigenvalue weighted by molar-refractivity contribution is 6.12. The Labute approximate surface area is 145 Å². The van der Waals surface area contributed by atoms with Crippen molar-refractivity contribution in [3.8, 4) is 5.75 Å².